The fourth-order valence-corrected chi connectivity index (χ4v) is 2.72. The lowest BCUT2D eigenvalue weighted by Gasteiger charge is -2.01. The lowest BCUT2D eigenvalue weighted by atomic mass is 10.2. The monoisotopic (exact) mass is 208 g/mol. The molecule has 0 N–H and O–H groups in total. The van der Waals surface area contributed by atoms with E-state index >= 15 is 0 Å². The Morgan fingerprint density at radius 1 is 1.00 bits per heavy atom. The molecule has 14 heavy (non-hydrogen) atoms. The molecule has 0 radical (unpaired) electrons. The molecule has 0 aromatic heterocycles. The SMILES string of the molecule is CCCCCPCCc1ccccc1. The Kier molecular flexibility index (Phi) is 6.70. The Hall–Kier alpha value is -0.350. The van der Waals surface area contributed by atoms with Gasteiger partial charge in [-0.3, -0.25) is 0 Å². The zero-order valence-corrected chi connectivity index (χ0v) is 10.1. The number of benzene rings is 1. The molecule has 78 valence electrons. The predicted molar refractivity (Wildman–Crippen MR) is 67.7 cm³/mol. The molecular formula is C13H21P. The zero-order valence-electron chi connectivity index (χ0n) is 9.13. The number of hydrogen-bond acceptors (Lipinski definition) is 0. The minimum Gasteiger partial charge on any atom is -0.122 e. The normalized spacial score (nSPS) is 11.2. The van der Waals surface area contributed by atoms with Crippen LogP contribution < -0.4 is 0 Å². The van der Waals surface area contributed by atoms with Crippen molar-refractivity contribution in [3.8, 4) is 0 Å². The van der Waals surface area contributed by atoms with Gasteiger partial charge in [-0.2, -0.15) is 0 Å². The Balaban J connectivity index is 1.99. The summed E-state index contributed by atoms with van der Waals surface area (Å²) in [7, 11) is 1.17. The largest absolute Gasteiger partial charge is 0.122 e. The fourth-order valence-electron chi connectivity index (χ4n) is 1.50. The van der Waals surface area contributed by atoms with E-state index in [2.05, 4.69) is 37.3 Å². The molecule has 1 atom stereocenters. The molecule has 0 fully saturated rings. The van der Waals surface area contributed by atoms with Gasteiger partial charge in [-0.15, -0.1) is 8.58 Å². The van der Waals surface area contributed by atoms with Crippen LogP contribution in [0.2, 0.25) is 0 Å². The van der Waals surface area contributed by atoms with Gasteiger partial charge < -0.3 is 0 Å². The van der Waals surface area contributed by atoms with Gasteiger partial charge in [0.05, 0.1) is 0 Å². The van der Waals surface area contributed by atoms with Crippen molar-refractivity contribution < 1.29 is 0 Å². The van der Waals surface area contributed by atoms with Crippen molar-refractivity contribution in [1.82, 2.24) is 0 Å². The van der Waals surface area contributed by atoms with E-state index in [9.17, 15) is 0 Å². The molecule has 0 spiro atoms. The molecule has 1 aromatic rings. The first kappa shape index (κ1) is 11.7. The Morgan fingerprint density at radius 2 is 1.79 bits per heavy atom. The van der Waals surface area contributed by atoms with E-state index in [0.717, 1.165) is 0 Å². The average molecular weight is 208 g/mol. The molecule has 0 aliphatic rings. The molecule has 1 heteroatoms. The number of unbranched alkanes of at least 4 members (excludes halogenated alkanes) is 2. The number of rotatable bonds is 7. The standard InChI is InChI=1S/C13H21P/c1-2-3-7-11-14-12-10-13-8-5-4-6-9-13/h4-6,8-9,14H,2-3,7,10-12H2,1H3. The molecule has 0 nitrogen and oxygen atoms in total. The molecule has 1 unspecified atom stereocenters. The van der Waals surface area contributed by atoms with Crippen LogP contribution in [0.3, 0.4) is 0 Å². The predicted octanol–water partition coefficient (Wildman–Crippen LogP) is 4.10. The van der Waals surface area contributed by atoms with Crippen LogP contribution in [-0.4, -0.2) is 12.3 Å². The van der Waals surface area contributed by atoms with E-state index < -0.39 is 0 Å². The molecule has 1 aromatic carbocycles. The Bertz CT molecular complexity index is 218. The summed E-state index contributed by atoms with van der Waals surface area (Å²) >= 11 is 0. The van der Waals surface area contributed by atoms with Crippen molar-refractivity contribution >= 4 is 8.58 Å². The molecule has 0 aliphatic carbocycles. The summed E-state index contributed by atoms with van der Waals surface area (Å²) in [5.41, 5.74) is 1.50. The van der Waals surface area contributed by atoms with Crippen molar-refractivity contribution in [3.05, 3.63) is 35.9 Å². The highest BCUT2D eigenvalue weighted by atomic mass is 31.1. The average Bonchev–Trinajstić information content (AvgIpc) is 2.25. The van der Waals surface area contributed by atoms with E-state index in [1.165, 1.54) is 52.2 Å². The minimum atomic E-state index is 1.17. The van der Waals surface area contributed by atoms with Gasteiger partial charge in [-0.25, -0.2) is 0 Å². The van der Waals surface area contributed by atoms with Crippen LogP contribution in [0.1, 0.15) is 31.7 Å². The summed E-state index contributed by atoms with van der Waals surface area (Å²) < 4.78 is 0. The Labute approximate surface area is 89.9 Å². The smallest absolute Gasteiger partial charge is 0.0242 e. The lowest BCUT2D eigenvalue weighted by molar-refractivity contribution is 0.777. The second kappa shape index (κ2) is 8.00. The molecule has 0 saturated heterocycles. The van der Waals surface area contributed by atoms with E-state index in [0.29, 0.717) is 0 Å². The summed E-state index contributed by atoms with van der Waals surface area (Å²) in [6.07, 6.45) is 8.30. The van der Waals surface area contributed by atoms with Crippen LogP contribution in [0, 0.1) is 0 Å². The van der Waals surface area contributed by atoms with Gasteiger partial charge >= 0.3 is 0 Å². The first-order valence-corrected chi connectivity index (χ1v) is 7.09. The first-order valence-electron chi connectivity index (χ1n) is 5.68. The van der Waals surface area contributed by atoms with Gasteiger partial charge in [-0.1, -0.05) is 50.1 Å². The minimum absolute atomic E-state index is 1.17. The van der Waals surface area contributed by atoms with Gasteiger partial charge in [0.25, 0.3) is 0 Å². The third kappa shape index (κ3) is 5.40. The van der Waals surface area contributed by atoms with Gasteiger partial charge in [0.15, 0.2) is 0 Å². The highest BCUT2D eigenvalue weighted by molar-refractivity contribution is 7.37. The van der Waals surface area contributed by atoms with Crippen molar-refractivity contribution in [3.63, 3.8) is 0 Å². The summed E-state index contributed by atoms with van der Waals surface area (Å²) in [5.74, 6) is 0. The van der Waals surface area contributed by atoms with E-state index in [4.69, 9.17) is 0 Å². The van der Waals surface area contributed by atoms with Gasteiger partial charge in [0, 0.05) is 0 Å². The molecule has 0 amide bonds. The van der Waals surface area contributed by atoms with Crippen molar-refractivity contribution in [2.24, 2.45) is 0 Å². The second-order valence-corrected chi connectivity index (χ2v) is 5.19. The topological polar surface area (TPSA) is 0 Å². The highest BCUT2D eigenvalue weighted by Crippen LogP contribution is 2.15. The summed E-state index contributed by atoms with van der Waals surface area (Å²) in [4.78, 5) is 0. The van der Waals surface area contributed by atoms with E-state index in [1.54, 1.807) is 0 Å². The maximum absolute atomic E-state index is 2.27. The van der Waals surface area contributed by atoms with E-state index in [-0.39, 0.29) is 0 Å². The summed E-state index contributed by atoms with van der Waals surface area (Å²) in [6.45, 7) is 2.27. The number of aryl methyl sites for hydroxylation is 1. The molecule has 1 rings (SSSR count). The number of hydrogen-bond donors (Lipinski definition) is 0. The molecule has 0 bridgehead atoms. The van der Waals surface area contributed by atoms with Crippen LogP contribution in [-0.2, 0) is 6.42 Å². The zero-order chi connectivity index (χ0) is 10.1. The second-order valence-electron chi connectivity index (χ2n) is 3.69. The van der Waals surface area contributed by atoms with Crippen LogP contribution in [0.25, 0.3) is 0 Å². The van der Waals surface area contributed by atoms with Crippen molar-refractivity contribution in [1.29, 1.82) is 0 Å². The van der Waals surface area contributed by atoms with Crippen LogP contribution in [0.4, 0.5) is 0 Å². The van der Waals surface area contributed by atoms with Crippen LogP contribution in [0.5, 0.6) is 0 Å². The fraction of sp³-hybridized carbons (Fsp3) is 0.538. The summed E-state index contributed by atoms with van der Waals surface area (Å²) in [6, 6.07) is 10.8. The van der Waals surface area contributed by atoms with Crippen molar-refractivity contribution in [2.75, 3.05) is 12.3 Å². The summed E-state index contributed by atoms with van der Waals surface area (Å²) in [5, 5.41) is 0. The lowest BCUT2D eigenvalue weighted by Crippen LogP contribution is -1.87. The van der Waals surface area contributed by atoms with Crippen LogP contribution in [0.15, 0.2) is 30.3 Å². The van der Waals surface area contributed by atoms with E-state index in [1.807, 2.05) is 0 Å². The third-order valence-electron chi connectivity index (χ3n) is 2.39. The van der Waals surface area contributed by atoms with Crippen LogP contribution >= 0.6 is 8.58 Å². The van der Waals surface area contributed by atoms with Crippen molar-refractivity contribution in [2.45, 2.75) is 32.6 Å². The molecule has 0 heterocycles. The highest BCUT2D eigenvalue weighted by Gasteiger charge is 1.92. The Morgan fingerprint density at radius 3 is 2.50 bits per heavy atom. The van der Waals surface area contributed by atoms with Gasteiger partial charge in [0.1, 0.15) is 0 Å². The molecule has 0 saturated carbocycles. The first-order chi connectivity index (χ1) is 6.93. The maximum atomic E-state index is 2.27. The third-order valence-corrected chi connectivity index (χ3v) is 3.70. The molecule has 0 aliphatic heterocycles. The van der Waals surface area contributed by atoms with Gasteiger partial charge in [0.2, 0.25) is 0 Å². The maximum Gasteiger partial charge on any atom is -0.0242 e. The quantitative estimate of drug-likeness (QED) is 0.467. The molecular weight excluding hydrogens is 187 g/mol. The van der Waals surface area contributed by atoms with Gasteiger partial charge in [-0.05, 0) is 30.7 Å².